The van der Waals surface area contributed by atoms with Crippen LogP contribution in [0.25, 0.3) is 10.9 Å². The molecule has 1 saturated heterocycles. The maximum absolute atomic E-state index is 14.4. The van der Waals surface area contributed by atoms with Crippen LogP contribution in [0.3, 0.4) is 0 Å². The first kappa shape index (κ1) is 35.3. The highest BCUT2D eigenvalue weighted by atomic mass is 79.9. The zero-order chi connectivity index (χ0) is 36.5. The van der Waals surface area contributed by atoms with Crippen LogP contribution in [0.1, 0.15) is 72.1 Å². The molecule has 1 aromatic heterocycles. The molecular formula is C44H41BrFN3O3. The highest BCUT2D eigenvalue weighted by molar-refractivity contribution is 9.10. The van der Waals surface area contributed by atoms with E-state index in [1.807, 2.05) is 99.6 Å². The maximum atomic E-state index is 14.4. The summed E-state index contributed by atoms with van der Waals surface area (Å²) in [5.74, 6) is -0.708. The van der Waals surface area contributed by atoms with Crippen molar-refractivity contribution in [1.82, 2.24) is 14.7 Å². The number of carbonyl (C=O) groups is 2. The van der Waals surface area contributed by atoms with Crippen LogP contribution >= 0.6 is 15.9 Å². The third kappa shape index (κ3) is 6.92. The fourth-order valence-electron chi connectivity index (χ4n) is 7.68. The van der Waals surface area contributed by atoms with Crippen LogP contribution in [-0.2, 0) is 10.3 Å². The molecule has 0 N–H and O–H groups in total. The van der Waals surface area contributed by atoms with Gasteiger partial charge in [-0.1, -0.05) is 103 Å². The van der Waals surface area contributed by atoms with E-state index in [2.05, 4.69) is 57.0 Å². The number of carbonyl (C=O) groups excluding carboxylic acids is 2. The minimum atomic E-state index is -0.828. The van der Waals surface area contributed by atoms with E-state index in [1.54, 1.807) is 17.0 Å². The molecule has 8 heteroatoms. The first-order chi connectivity index (χ1) is 25.0. The van der Waals surface area contributed by atoms with Gasteiger partial charge in [-0.25, -0.2) is 13.9 Å². The number of fused-ring (bicyclic) bond motifs is 1. The van der Waals surface area contributed by atoms with Gasteiger partial charge >= 0.3 is 6.09 Å². The topological polar surface area (TPSA) is 64.4 Å². The number of nitrogens with zero attached hydrogens (tertiary/aromatic N) is 3. The van der Waals surface area contributed by atoms with Gasteiger partial charge in [0.25, 0.3) is 0 Å². The van der Waals surface area contributed by atoms with E-state index in [-0.39, 0.29) is 29.9 Å². The lowest BCUT2D eigenvalue weighted by Gasteiger charge is -2.39. The SMILES string of the molecule is CC(C)(C)OC(=O)N1CCC(c2cccc(F)c2)C(CC(=O)c2ccc3c(c2)c(Br)nn3C(c2ccccc2)(c2ccccc2)c2ccccc2)C1. The van der Waals surface area contributed by atoms with Gasteiger partial charge < -0.3 is 9.64 Å². The molecule has 6 nitrogen and oxygen atoms in total. The van der Waals surface area contributed by atoms with Crippen molar-refractivity contribution in [2.75, 3.05) is 13.1 Å². The van der Waals surface area contributed by atoms with Crippen LogP contribution in [0.5, 0.6) is 0 Å². The third-order valence-corrected chi connectivity index (χ3v) is 10.5. The molecule has 1 amide bonds. The standard InChI is InChI=1S/C44H41BrFN3O3/c1-43(2,3)52-42(51)48-25-24-37(30-14-13-21-36(46)26-30)32(29-48)28-40(50)31-22-23-39-38(27-31)41(45)47-49(39)44(33-15-7-4-8-16-33,34-17-9-5-10-18-34)35-19-11-6-12-20-35/h4-23,26-27,32,37H,24-25,28-29H2,1-3H3. The lowest BCUT2D eigenvalue weighted by molar-refractivity contribution is 0.0138. The predicted octanol–water partition coefficient (Wildman–Crippen LogP) is 10.4. The Bertz CT molecular complexity index is 2100. The Morgan fingerprint density at radius 1 is 0.808 bits per heavy atom. The largest absolute Gasteiger partial charge is 0.444 e. The van der Waals surface area contributed by atoms with E-state index in [4.69, 9.17) is 9.84 Å². The second-order valence-corrected chi connectivity index (χ2v) is 15.3. The summed E-state index contributed by atoms with van der Waals surface area (Å²) in [6, 6.07) is 43.4. The molecule has 0 bridgehead atoms. The second-order valence-electron chi connectivity index (χ2n) is 14.5. The van der Waals surface area contributed by atoms with Gasteiger partial charge in [0.1, 0.15) is 21.6 Å². The van der Waals surface area contributed by atoms with Gasteiger partial charge in [0.05, 0.1) is 5.52 Å². The van der Waals surface area contributed by atoms with Crippen molar-refractivity contribution in [2.45, 2.75) is 50.7 Å². The number of aromatic nitrogens is 2. The molecule has 0 radical (unpaired) electrons. The molecule has 7 rings (SSSR count). The number of amides is 1. The Kier molecular flexibility index (Phi) is 9.86. The minimum Gasteiger partial charge on any atom is -0.444 e. The Labute approximate surface area is 312 Å². The summed E-state index contributed by atoms with van der Waals surface area (Å²) in [5, 5.41) is 5.96. The average Bonchev–Trinajstić information content (AvgIpc) is 3.48. The van der Waals surface area contributed by atoms with Crippen molar-refractivity contribution in [3.63, 3.8) is 0 Å². The zero-order valence-corrected chi connectivity index (χ0v) is 31.1. The normalized spacial score (nSPS) is 16.5. The van der Waals surface area contributed by atoms with Crippen LogP contribution in [0, 0.1) is 11.7 Å². The number of hydrogen-bond acceptors (Lipinski definition) is 4. The van der Waals surface area contributed by atoms with Crippen molar-refractivity contribution in [1.29, 1.82) is 0 Å². The fraction of sp³-hybridized carbons (Fsp3) is 0.250. The predicted molar refractivity (Wildman–Crippen MR) is 206 cm³/mol. The van der Waals surface area contributed by atoms with Gasteiger partial charge in [-0.3, -0.25) is 4.79 Å². The number of rotatable bonds is 8. The minimum absolute atomic E-state index is 0.0561. The lowest BCUT2D eigenvalue weighted by atomic mass is 9.77. The van der Waals surface area contributed by atoms with E-state index >= 15 is 0 Å². The lowest BCUT2D eigenvalue weighted by Crippen LogP contribution is -2.45. The first-order valence-electron chi connectivity index (χ1n) is 17.7. The molecule has 0 spiro atoms. The van der Waals surface area contributed by atoms with Gasteiger partial charge in [-0.2, -0.15) is 5.10 Å². The smallest absolute Gasteiger partial charge is 0.410 e. The summed E-state index contributed by atoms with van der Waals surface area (Å²) in [5.41, 5.74) is 3.88. The maximum Gasteiger partial charge on any atom is 0.410 e. The van der Waals surface area contributed by atoms with Crippen molar-refractivity contribution >= 4 is 38.7 Å². The van der Waals surface area contributed by atoms with Crippen LogP contribution in [0.4, 0.5) is 9.18 Å². The average molecular weight is 759 g/mol. The summed E-state index contributed by atoms with van der Waals surface area (Å²) in [7, 11) is 0. The Morgan fingerprint density at radius 3 is 1.96 bits per heavy atom. The molecule has 2 atom stereocenters. The molecule has 1 aliphatic rings. The molecule has 1 fully saturated rings. The number of ether oxygens (including phenoxy) is 1. The third-order valence-electron chi connectivity index (χ3n) is 9.96. The van der Waals surface area contributed by atoms with E-state index in [0.717, 1.165) is 33.2 Å². The number of likely N-dealkylation sites (tertiary alicyclic amines) is 1. The second kappa shape index (κ2) is 14.5. The highest BCUT2D eigenvalue weighted by Crippen LogP contribution is 2.44. The zero-order valence-electron chi connectivity index (χ0n) is 29.5. The Hall–Kier alpha value is -5.08. The number of ketones is 1. The molecule has 0 aliphatic carbocycles. The van der Waals surface area contributed by atoms with Gasteiger partial charge in [0.15, 0.2) is 5.78 Å². The molecule has 1 aliphatic heterocycles. The number of Topliss-reactive ketones (excluding diaryl/α,β-unsaturated/α-hetero) is 1. The summed E-state index contributed by atoms with van der Waals surface area (Å²) < 4.78 is 22.8. The van der Waals surface area contributed by atoms with Crippen LogP contribution in [0.15, 0.2) is 138 Å². The van der Waals surface area contributed by atoms with Gasteiger partial charge in [0, 0.05) is 30.5 Å². The van der Waals surface area contributed by atoms with Crippen LogP contribution < -0.4 is 0 Å². The van der Waals surface area contributed by atoms with Crippen molar-refractivity contribution < 1.29 is 18.7 Å². The van der Waals surface area contributed by atoms with E-state index < -0.39 is 17.2 Å². The number of halogens is 2. The molecule has 5 aromatic carbocycles. The first-order valence-corrected chi connectivity index (χ1v) is 18.5. The molecule has 52 heavy (non-hydrogen) atoms. The van der Waals surface area contributed by atoms with Crippen molar-refractivity contribution in [2.24, 2.45) is 5.92 Å². The summed E-state index contributed by atoms with van der Waals surface area (Å²) >= 11 is 3.77. The number of benzene rings is 5. The van der Waals surface area contributed by atoms with Crippen molar-refractivity contribution in [3.8, 4) is 0 Å². The molecule has 6 aromatic rings. The molecule has 0 saturated carbocycles. The monoisotopic (exact) mass is 757 g/mol. The summed E-state index contributed by atoms with van der Waals surface area (Å²) in [4.78, 5) is 29.0. The molecule has 264 valence electrons. The number of hydrogen-bond donors (Lipinski definition) is 0. The molecular weight excluding hydrogens is 717 g/mol. The van der Waals surface area contributed by atoms with Crippen LogP contribution in [0.2, 0.25) is 0 Å². The van der Waals surface area contributed by atoms with Gasteiger partial charge in [-0.15, -0.1) is 0 Å². The van der Waals surface area contributed by atoms with E-state index in [1.165, 1.54) is 6.07 Å². The Balaban J connectivity index is 1.28. The van der Waals surface area contributed by atoms with Gasteiger partial charge in [-0.05, 0) is 108 Å². The van der Waals surface area contributed by atoms with Gasteiger partial charge in [0.2, 0.25) is 0 Å². The highest BCUT2D eigenvalue weighted by Gasteiger charge is 2.41. The molecule has 2 unspecified atom stereocenters. The summed E-state index contributed by atoms with van der Waals surface area (Å²) in [6.45, 7) is 6.31. The fourth-order valence-corrected chi connectivity index (χ4v) is 8.16. The number of piperidine rings is 1. The van der Waals surface area contributed by atoms with E-state index in [9.17, 15) is 14.0 Å². The van der Waals surface area contributed by atoms with E-state index in [0.29, 0.717) is 29.7 Å². The molecule has 2 heterocycles. The Morgan fingerprint density at radius 2 is 1.40 bits per heavy atom. The van der Waals surface area contributed by atoms with Crippen LogP contribution in [-0.4, -0.2) is 45.2 Å². The summed E-state index contributed by atoms with van der Waals surface area (Å²) in [6.07, 6.45) is 0.372. The quantitative estimate of drug-likeness (QED) is 0.115. The van der Waals surface area contributed by atoms with Crippen molar-refractivity contribution in [3.05, 3.63) is 172 Å².